The Hall–Kier alpha value is -1.09. The first-order chi connectivity index (χ1) is 10.1. The number of hydrogen-bond acceptors (Lipinski definition) is 2. The van der Waals surface area contributed by atoms with Crippen LogP contribution in [0, 0.1) is 11.7 Å². The van der Waals surface area contributed by atoms with Crippen LogP contribution in [0.3, 0.4) is 0 Å². The lowest BCUT2D eigenvalue weighted by Crippen LogP contribution is -2.22. The second-order valence-corrected chi connectivity index (χ2v) is 5.83. The second-order valence-electron chi connectivity index (χ2n) is 5.83. The van der Waals surface area contributed by atoms with Gasteiger partial charge in [-0.3, -0.25) is 0 Å². The van der Waals surface area contributed by atoms with Crippen LogP contribution in [-0.4, -0.2) is 12.6 Å². The van der Waals surface area contributed by atoms with Crippen LogP contribution < -0.4 is 10.5 Å². The Bertz CT molecular complexity index is 408. The molecule has 0 aromatic heterocycles. The molecule has 0 aliphatic rings. The third kappa shape index (κ3) is 6.04. The minimum Gasteiger partial charge on any atom is -0.490 e. The normalized spacial score (nSPS) is 14.0. The lowest BCUT2D eigenvalue weighted by atomic mass is 10.00. The van der Waals surface area contributed by atoms with E-state index in [0.717, 1.165) is 24.8 Å². The van der Waals surface area contributed by atoms with E-state index in [1.165, 1.54) is 18.9 Å². The van der Waals surface area contributed by atoms with Crippen molar-refractivity contribution in [2.75, 3.05) is 6.61 Å². The average Bonchev–Trinajstić information content (AvgIpc) is 2.49. The van der Waals surface area contributed by atoms with E-state index >= 15 is 0 Å². The number of benzene rings is 1. The summed E-state index contributed by atoms with van der Waals surface area (Å²) in [5.41, 5.74) is 6.88. The third-order valence-electron chi connectivity index (χ3n) is 4.06. The summed E-state index contributed by atoms with van der Waals surface area (Å²) >= 11 is 0. The molecule has 120 valence electrons. The van der Waals surface area contributed by atoms with Crippen molar-refractivity contribution in [2.24, 2.45) is 11.7 Å². The van der Waals surface area contributed by atoms with Gasteiger partial charge >= 0.3 is 0 Å². The highest BCUT2D eigenvalue weighted by atomic mass is 19.1. The maximum Gasteiger partial charge on any atom is 0.165 e. The van der Waals surface area contributed by atoms with Gasteiger partial charge in [-0.2, -0.15) is 0 Å². The zero-order chi connectivity index (χ0) is 15.7. The van der Waals surface area contributed by atoms with Crippen molar-refractivity contribution in [3.63, 3.8) is 0 Å². The summed E-state index contributed by atoms with van der Waals surface area (Å²) in [6, 6.07) is 5.16. The van der Waals surface area contributed by atoms with Crippen molar-refractivity contribution < 1.29 is 9.13 Å². The molecule has 21 heavy (non-hydrogen) atoms. The van der Waals surface area contributed by atoms with Gasteiger partial charge in [-0.05, 0) is 36.8 Å². The van der Waals surface area contributed by atoms with Gasteiger partial charge in [0, 0.05) is 6.04 Å². The zero-order valence-electron chi connectivity index (χ0n) is 13.7. The molecule has 2 unspecified atom stereocenters. The van der Waals surface area contributed by atoms with Crippen molar-refractivity contribution >= 4 is 0 Å². The first-order valence-corrected chi connectivity index (χ1v) is 8.28. The van der Waals surface area contributed by atoms with Crippen molar-refractivity contribution in [3.8, 4) is 5.75 Å². The van der Waals surface area contributed by atoms with Gasteiger partial charge in [-0.1, -0.05) is 52.2 Å². The molecule has 0 aliphatic carbocycles. The second kappa shape index (κ2) is 9.78. The van der Waals surface area contributed by atoms with E-state index in [1.807, 2.05) is 13.0 Å². The van der Waals surface area contributed by atoms with Gasteiger partial charge in [0.05, 0.1) is 6.61 Å². The maximum absolute atomic E-state index is 14.0. The monoisotopic (exact) mass is 295 g/mol. The molecular formula is C18H30FNO. The highest BCUT2D eigenvalue weighted by Crippen LogP contribution is 2.26. The molecular weight excluding hydrogens is 265 g/mol. The summed E-state index contributed by atoms with van der Waals surface area (Å²) in [4.78, 5) is 0. The molecule has 0 heterocycles. The van der Waals surface area contributed by atoms with Gasteiger partial charge in [-0.15, -0.1) is 0 Å². The summed E-state index contributed by atoms with van der Waals surface area (Å²) in [5.74, 6) is 0.620. The van der Waals surface area contributed by atoms with Crippen LogP contribution in [0.4, 0.5) is 4.39 Å². The highest BCUT2D eigenvalue weighted by Gasteiger charge is 2.14. The Morgan fingerprint density at radius 1 is 1.19 bits per heavy atom. The maximum atomic E-state index is 14.0. The zero-order valence-corrected chi connectivity index (χ0v) is 13.7. The Labute approximate surface area is 128 Å². The SMILES string of the molecule is CCCCC(CC)COc1c(F)cccc1CC(N)CC. The number of nitrogens with two attached hydrogens (primary N) is 1. The van der Waals surface area contributed by atoms with Crippen LogP contribution >= 0.6 is 0 Å². The van der Waals surface area contributed by atoms with Gasteiger partial charge < -0.3 is 10.5 Å². The van der Waals surface area contributed by atoms with E-state index in [9.17, 15) is 4.39 Å². The van der Waals surface area contributed by atoms with Crippen LogP contribution in [0.5, 0.6) is 5.75 Å². The van der Waals surface area contributed by atoms with Crippen LogP contribution in [-0.2, 0) is 6.42 Å². The minimum atomic E-state index is -0.277. The molecule has 2 N–H and O–H groups in total. The molecule has 0 fully saturated rings. The van der Waals surface area contributed by atoms with Crippen LogP contribution in [0.15, 0.2) is 18.2 Å². The molecule has 0 saturated heterocycles. The Morgan fingerprint density at radius 3 is 2.57 bits per heavy atom. The fourth-order valence-corrected chi connectivity index (χ4v) is 2.40. The van der Waals surface area contributed by atoms with Gasteiger partial charge in [0.2, 0.25) is 0 Å². The average molecular weight is 295 g/mol. The van der Waals surface area contributed by atoms with Crippen LogP contribution in [0.25, 0.3) is 0 Å². The number of para-hydroxylation sites is 1. The molecule has 0 bridgehead atoms. The summed E-state index contributed by atoms with van der Waals surface area (Å²) in [7, 11) is 0. The molecule has 0 amide bonds. The molecule has 1 aromatic rings. The molecule has 2 nitrogen and oxygen atoms in total. The van der Waals surface area contributed by atoms with Gasteiger partial charge in [0.15, 0.2) is 11.6 Å². The number of ether oxygens (including phenoxy) is 1. The lowest BCUT2D eigenvalue weighted by molar-refractivity contribution is 0.222. The standard InChI is InChI=1S/C18H30FNO/c1-4-7-9-14(5-2)13-21-18-15(12-16(20)6-3)10-8-11-17(18)19/h8,10-11,14,16H,4-7,9,12-13,20H2,1-3H3. The van der Waals surface area contributed by atoms with E-state index in [2.05, 4.69) is 13.8 Å². The van der Waals surface area contributed by atoms with E-state index in [0.29, 0.717) is 24.7 Å². The van der Waals surface area contributed by atoms with Gasteiger partial charge in [0.1, 0.15) is 0 Å². The van der Waals surface area contributed by atoms with E-state index in [1.54, 1.807) is 6.07 Å². The Balaban J connectivity index is 2.72. The van der Waals surface area contributed by atoms with Crippen molar-refractivity contribution in [2.45, 2.75) is 65.3 Å². The van der Waals surface area contributed by atoms with E-state index in [-0.39, 0.29) is 11.9 Å². The largest absolute Gasteiger partial charge is 0.490 e. The fourth-order valence-electron chi connectivity index (χ4n) is 2.40. The lowest BCUT2D eigenvalue weighted by Gasteiger charge is -2.19. The van der Waals surface area contributed by atoms with Crippen molar-refractivity contribution in [1.82, 2.24) is 0 Å². The van der Waals surface area contributed by atoms with Gasteiger partial charge in [0.25, 0.3) is 0 Å². The predicted octanol–water partition coefficient (Wildman–Crippen LogP) is 4.70. The van der Waals surface area contributed by atoms with Crippen LogP contribution in [0.1, 0.15) is 58.4 Å². The first kappa shape index (κ1) is 18.0. The molecule has 0 aliphatic heterocycles. The molecule has 2 atom stereocenters. The van der Waals surface area contributed by atoms with Crippen LogP contribution in [0.2, 0.25) is 0 Å². The molecule has 0 radical (unpaired) electrons. The quantitative estimate of drug-likeness (QED) is 0.679. The van der Waals surface area contributed by atoms with Crippen molar-refractivity contribution in [3.05, 3.63) is 29.6 Å². The Morgan fingerprint density at radius 2 is 1.95 bits per heavy atom. The molecule has 3 heteroatoms. The number of rotatable bonds is 10. The summed E-state index contributed by atoms with van der Waals surface area (Å²) in [6.07, 6.45) is 6.14. The predicted molar refractivity (Wildman–Crippen MR) is 87.2 cm³/mol. The Kier molecular flexibility index (Phi) is 8.36. The fraction of sp³-hybridized carbons (Fsp3) is 0.667. The van der Waals surface area contributed by atoms with Gasteiger partial charge in [-0.25, -0.2) is 4.39 Å². The first-order valence-electron chi connectivity index (χ1n) is 8.28. The third-order valence-corrected chi connectivity index (χ3v) is 4.06. The number of halogens is 1. The van der Waals surface area contributed by atoms with Crippen molar-refractivity contribution in [1.29, 1.82) is 0 Å². The highest BCUT2D eigenvalue weighted by molar-refractivity contribution is 5.35. The smallest absolute Gasteiger partial charge is 0.165 e. The summed E-state index contributed by atoms with van der Waals surface area (Å²) in [6.45, 7) is 6.99. The minimum absolute atomic E-state index is 0.0520. The number of unbranched alkanes of at least 4 members (excludes halogenated alkanes) is 1. The summed E-state index contributed by atoms with van der Waals surface area (Å²) < 4.78 is 19.9. The molecule has 1 aromatic carbocycles. The summed E-state index contributed by atoms with van der Waals surface area (Å²) in [5, 5.41) is 0. The molecule has 0 saturated carbocycles. The molecule has 1 rings (SSSR count). The number of hydrogen-bond donors (Lipinski definition) is 1. The molecule has 0 spiro atoms. The van der Waals surface area contributed by atoms with E-state index in [4.69, 9.17) is 10.5 Å². The topological polar surface area (TPSA) is 35.2 Å². The van der Waals surface area contributed by atoms with E-state index < -0.39 is 0 Å².